The molecule has 0 aromatic rings. The first-order valence-electron chi connectivity index (χ1n) is 6.79. The molecule has 0 radical (unpaired) electrons. The van der Waals surface area contributed by atoms with E-state index in [1.54, 1.807) is 0 Å². The summed E-state index contributed by atoms with van der Waals surface area (Å²) in [5.41, 5.74) is 6.36. The Hall–Kier alpha value is -0.730. The number of guanidine groups is 1. The van der Waals surface area contributed by atoms with Gasteiger partial charge in [-0.15, -0.1) is 0 Å². The first-order valence-corrected chi connectivity index (χ1v) is 6.79. The molecule has 3 heteroatoms. The van der Waals surface area contributed by atoms with Crippen LogP contribution in [0, 0.1) is 0 Å². The molecule has 0 aromatic carbocycles. The molecule has 1 fully saturated rings. The van der Waals surface area contributed by atoms with E-state index in [-0.39, 0.29) is 5.54 Å². The summed E-state index contributed by atoms with van der Waals surface area (Å²) in [6.45, 7) is 5.45. The second-order valence-corrected chi connectivity index (χ2v) is 5.44. The minimum absolute atomic E-state index is 0.274. The second kappa shape index (κ2) is 4.64. The zero-order chi connectivity index (χ0) is 11.6. The van der Waals surface area contributed by atoms with Crippen molar-refractivity contribution < 1.29 is 0 Å². The van der Waals surface area contributed by atoms with E-state index in [9.17, 15) is 0 Å². The predicted octanol–water partition coefficient (Wildman–Crippen LogP) is 2.51. The summed E-state index contributed by atoms with van der Waals surface area (Å²) in [6.07, 6.45) is 9.17. The van der Waals surface area contributed by atoms with Crippen LogP contribution in [0.15, 0.2) is 4.99 Å². The molecule has 1 spiro atoms. The Morgan fingerprint density at radius 3 is 2.50 bits per heavy atom. The van der Waals surface area contributed by atoms with Crippen molar-refractivity contribution in [3.63, 3.8) is 0 Å². The van der Waals surface area contributed by atoms with Gasteiger partial charge in [-0.25, -0.2) is 0 Å². The van der Waals surface area contributed by atoms with E-state index in [1.807, 2.05) is 0 Å². The van der Waals surface area contributed by atoms with Crippen molar-refractivity contribution in [3.8, 4) is 0 Å². The molecule has 2 rings (SSSR count). The topological polar surface area (TPSA) is 41.6 Å². The van der Waals surface area contributed by atoms with Gasteiger partial charge < -0.3 is 10.6 Å². The van der Waals surface area contributed by atoms with E-state index in [4.69, 9.17) is 5.73 Å². The van der Waals surface area contributed by atoms with E-state index >= 15 is 0 Å². The number of rotatable bonds is 2. The third-order valence-electron chi connectivity index (χ3n) is 4.36. The summed E-state index contributed by atoms with van der Waals surface area (Å²) < 4.78 is 0. The Labute approximate surface area is 99.1 Å². The first kappa shape index (κ1) is 11.7. The highest BCUT2D eigenvalue weighted by atomic mass is 15.4. The van der Waals surface area contributed by atoms with Gasteiger partial charge in [0.1, 0.15) is 0 Å². The van der Waals surface area contributed by atoms with Crippen molar-refractivity contribution in [2.24, 2.45) is 10.7 Å². The summed E-state index contributed by atoms with van der Waals surface area (Å²) >= 11 is 0. The van der Waals surface area contributed by atoms with Gasteiger partial charge in [0.15, 0.2) is 5.96 Å². The van der Waals surface area contributed by atoms with Crippen LogP contribution in [0.4, 0.5) is 0 Å². The van der Waals surface area contributed by atoms with Crippen LogP contribution in [-0.4, -0.2) is 29.0 Å². The molecule has 1 saturated carbocycles. The van der Waals surface area contributed by atoms with Gasteiger partial charge in [-0.1, -0.05) is 32.6 Å². The Kier molecular flexibility index (Phi) is 3.41. The predicted molar refractivity (Wildman–Crippen MR) is 68.5 cm³/mol. The van der Waals surface area contributed by atoms with Gasteiger partial charge in [-0.2, -0.15) is 0 Å². The van der Waals surface area contributed by atoms with Gasteiger partial charge in [-0.3, -0.25) is 4.99 Å². The molecule has 2 N–H and O–H groups in total. The SMILES string of the molecule is CCC(C)N1C(N)=NCC12CCCCCC2. The molecule has 0 amide bonds. The molecular weight excluding hydrogens is 198 g/mol. The number of hydrogen-bond donors (Lipinski definition) is 1. The van der Waals surface area contributed by atoms with Crippen molar-refractivity contribution in [2.45, 2.75) is 70.4 Å². The minimum atomic E-state index is 0.274. The van der Waals surface area contributed by atoms with Crippen molar-refractivity contribution in [1.29, 1.82) is 0 Å². The molecule has 92 valence electrons. The van der Waals surface area contributed by atoms with Crippen LogP contribution in [0.25, 0.3) is 0 Å². The van der Waals surface area contributed by atoms with Crippen LogP contribution in [0.3, 0.4) is 0 Å². The Bertz CT molecular complexity index is 264. The van der Waals surface area contributed by atoms with E-state index < -0.39 is 0 Å². The summed E-state index contributed by atoms with van der Waals surface area (Å²) in [6, 6.07) is 0.532. The molecule has 1 heterocycles. The van der Waals surface area contributed by atoms with Gasteiger partial charge in [0.2, 0.25) is 0 Å². The standard InChI is InChI=1S/C13H25N3/c1-3-11(2)16-12(14)15-10-13(16)8-6-4-5-7-9-13/h11H,3-10H2,1-2H3,(H2,14,15). The highest BCUT2D eigenvalue weighted by Crippen LogP contribution is 2.37. The first-order chi connectivity index (χ1) is 7.69. The molecule has 1 atom stereocenters. The largest absolute Gasteiger partial charge is 0.370 e. The lowest BCUT2D eigenvalue weighted by Gasteiger charge is -2.42. The normalized spacial score (nSPS) is 26.6. The fourth-order valence-electron chi connectivity index (χ4n) is 3.29. The summed E-state index contributed by atoms with van der Waals surface area (Å²) in [7, 11) is 0. The average molecular weight is 223 g/mol. The fourth-order valence-corrected chi connectivity index (χ4v) is 3.29. The van der Waals surface area contributed by atoms with Crippen LogP contribution in [0.1, 0.15) is 58.8 Å². The number of nitrogens with two attached hydrogens (primary N) is 1. The fraction of sp³-hybridized carbons (Fsp3) is 0.923. The smallest absolute Gasteiger partial charge is 0.192 e. The van der Waals surface area contributed by atoms with E-state index in [0.717, 1.165) is 18.9 Å². The lowest BCUT2D eigenvalue weighted by Crippen LogP contribution is -2.55. The summed E-state index contributed by atoms with van der Waals surface area (Å²) in [5.74, 6) is 0.788. The van der Waals surface area contributed by atoms with Crippen molar-refractivity contribution >= 4 is 5.96 Å². The third-order valence-corrected chi connectivity index (χ3v) is 4.36. The zero-order valence-corrected chi connectivity index (χ0v) is 10.7. The average Bonchev–Trinajstić information content (AvgIpc) is 2.49. The monoisotopic (exact) mass is 223 g/mol. The minimum Gasteiger partial charge on any atom is -0.370 e. The van der Waals surface area contributed by atoms with Crippen LogP contribution < -0.4 is 5.73 Å². The molecule has 3 nitrogen and oxygen atoms in total. The lowest BCUT2D eigenvalue weighted by molar-refractivity contribution is 0.133. The highest BCUT2D eigenvalue weighted by molar-refractivity contribution is 5.81. The third kappa shape index (κ3) is 1.92. The molecule has 1 aliphatic carbocycles. The van der Waals surface area contributed by atoms with Gasteiger partial charge in [0, 0.05) is 6.04 Å². The summed E-state index contributed by atoms with van der Waals surface area (Å²) in [5, 5.41) is 0. The molecular formula is C13H25N3. The van der Waals surface area contributed by atoms with Crippen molar-refractivity contribution in [3.05, 3.63) is 0 Å². The van der Waals surface area contributed by atoms with Crippen molar-refractivity contribution in [1.82, 2.24) is 4.90 Å². The molecule has 1 aliphatic heterocycles. The van der Waals surface area contributed by atoms with E-state index in [1.165, 1.54) is 38.5 Å². The maximum Gasteiger partial charge on any atom is 0.192 e. The van der Waals surface area contributed by atoms with Gasteiger partial charge in [-0.05, 0) is 26.2 Å². The molecule has 0 saturated heterocycles. The number of nitrogens with zero attached hydrogens (tertiary/aromatic N) is 2. The molecule has 2 aliphatic rings. The van der Waals surface area contributed by atoms with Gasteiger partial charge in [0.05, 0.1) is 12.1 Å². The Balaban J connectivity index is 2.19. The van der Waals surface area contributed by atoms with Crippen LogP contribution in [0.2, 0.25) is 0 Å². The number of hydrogen-bond acceptors (Lipinski definition) is 3. The van der Waals surface area contributed by atoms with Crippen LogP contribution in [0.5, 0.6) is 0 Å². The van der Waals surface area contributed by atoms with Gasteiger partial charge in [0.25, 0.3) is 0 Å². The quantitative estimate of drug-likeness (QED) is 0.781. The van der Waals surface area contributed by atoms with E-state index in [2.05, 4.69) is 23.7 Å². The maximum atomic E-state index is 6.09. The number of aliphatic imine (C=N–C) groups is 1. The maximum absolute atomic E-state index is 6.09. The van der Waals surface area contributed by atoms with E-state index in [0.29, 0.717) is 6.04 Å². The van der Waals surface area contributed by atoms with Gasteiger partial charge >= 0.3 is 0 Å². The lowest BCUT2D eigenvalue weighted by atomic mass is 9.88. The zero-order valence-electron chi connectivity index (χ0n) is 10.7. The van der Waals surface area contributed by atoms with Crippen LogP contribution >= 0.6 is 0 Å². The second-order valence-electron chi connectivity index (χ2n) is 5.44. The molecule has 16 heavy (non-hydrogen) atoms. The Morgan fingerprint density at radius 1 is 1.31 bits per heavy atom. The summed E-state index contributed by atoms with van der Waals surface area (Å²) in [4.78, 5) is 6.95. The van der Waals surface area contributed by atoms with Crippen molar-refractivity contribution in [2.75, 3.05) is 6.54 Å². The molecule has 0 bridgehead atoms. The molecule has 1 unspecified atom stereocenters. The highest BCUT2D eigenvalue weighted by Gasteiger charge is 2.43. The Morgan fingerprint density at radius 2 is 1.94 bits per heavy atom. The van der Waals surface area contributed by atoms with Crippen LogP contribution in [-0.2, 0) is 0 Å². The molecule has 0 aromatic heterocycles.